The van der Waals surface area contributed by atoms with Crippen molar-refractivity contribution in [3.05, 3.63) is 29.3 Å². The summed E-state index contributed by atoms with van der Waals surface area (Å²) in [7, 11) is 1.73. The molecule has 1 aliphatic carbocycles. The van der Waals surface area contributed by atoms with Crippen molar-refractivity contribution in [2.45, 2.75) is 44.8 Å². The normalized spacial score (nSPS) is 23.8. The van der Waals surface area contributed by atoms with Gasteiger partial charge >= 0.3 is 0 Å². The fourth-order valence-corrected chi connectivity index (χ4v) is 2.99. The number of benzene rings is 1. The molecule has 1 aliphatic heterocycles. The second-order valence-corrected chi connectivity index (χ2v) is 5.97. The highest BCUT2D eigenvalue weighted by Crippen LogP contribution is 2.23. The zero-order chi connectivity index (χ0) is 13.2. The van der Waals surface area contributed by atoms with Gasteiger partial charge in [-0.05, 0) is 43.4 Å². The van der Waals surface area contributed by atoms with Crippen LogP contribution in [0.15, 0.2) is 18.2 Å². The molecule has 2 aliphatic rings. The number of methoxy groups -OCH3 is 1. The van der Waals surface area contributed by atoms with Crippen molar-refractivity contribution in [1.82, 2.24) is 10.2 Å². The van der Waals surface area contributed by atoms with Gasteiger partial charge < -0.3 is 10.1 Å². The van der Waals surface area contributed by atoms with Gasteiger partial charge in [0.15, 0.2) is 0 Å². The maximum absolute atomic E-state index is 5.31. The van der Waals surface area contributed by atoms with Crippen LogP contribution in [-0.2, 0) is 6.54 Å². The lowest BCUT2D eigenvalue weighted by Gasteiger charge is -2.17. The lowest BCUT2D eigenvalue weighted by atomic mass is 10.1. The van der Waals surface area contributed by atoms with Crippen molar-refractivity contribution < 1.29 is 4.74 Å². The van der Waals surface area contributed by atoms with Gasteiger partial charge in [-0.25, -0.2) is 0 Å². The van der Waals surface area contributed by atoms with Crippen LogP contribution in [-0.4, -0.2) is 37.2 Å². The first kappa shape index (κ1) is 12.9. The second kappa shape index (κ2) is 5.51. The topological polar surface area (TPSA) is 24.5 Å². The predicted octanol–water partition coefficient (Wildman–Crippen LogP) is 2.33. The van der Waals surface area contributed by atoms with Crippen LogP contribution in [0.2, 0.25) is 0 Å². The van der Waals surface area contributed by atoms with E-state index in [4.69, 9.17) is 4.74 Å². The third-order valence-corrected chi connectivity index (χ3v) is 4.19. The molecule has 1 aromatic carbocycles. The summed E-state index contributed by atoms with van der Waals surface area (Å²) in [5.41, 5.74) is 2.62. The fourth-order valence-electron chi connectivity index (χ4n) is 2.99. The predicted molar refractivity (Wildman–Crippen MR) is 77.6 cm³/mol. The van der Waals surface area contributed by atoms with Crippen molar-refractivity contribution >= 4 is 0 Å². The Kier molecular flexibility index (Phi) is 3.76. The van der Waals surface area contributed by atoms with Crippen LogP contribution in [0.4, 0.5) is 0 Å². The second-order valence-electron chi connectivity index (χ2n) is 5.97. The maximum Gasteiger partial charge on any atom is 0.121 e. The summed E-state index contributed by atoms with van der Waals surface area (Å²) in [6, 6.07) is 8.06. The Morgan fingerprint density at radius 2 is 2.11 bits per heavy atom. The molecule has 0 amide bonds. The number of ether oxygens (including phenoxy) is 1. The van der Waals surface area contributed by atoms with Crippen molar-refractivity contribution in [3.8, 4) is 5.75 Å². The molecule has 1 aromatic rings. The minimum absolute atomic E-state index is 0.715. The number of aryl methyl sites for hydroxylation is 1. The number of nitrogens with one attached hydrogen (secondary N) is 1. The molecule has 19 heavy (non-hydrogen) atoms. The summed E-state index contributed by atoms with van der Waals surface area (Å²) >= 11 is 0. The molecule has 1 unspecified atom stereocenters. The molecule has 0 radical (unpaired) electrons. The molecule has 3 heteroatoms. The van der Waals surface area contributed by atoms with Crippen LogP contribution >= 0.6 is 0 Å². The molecule has 3 nitrogen and oxygen atoms in total. The van der Waals surface area contributed by atoms with E-state index in [-0.39, 0.29) is 0 Å². The Labute approximate surface area is 115 Å². The van der Waals surface area contributed by atoms with E-state index in [1.165, 1.54) is 43.5 Å². The Balaban J connectivity index is 1.54. The van der Waals surface area contributed by atoms with E-state index in [9.17, 15) is 0 Å². The quantitative estimate of drug-likeness (QED) is 0.879. The number of nitrogens with zero attached hydrogens (tertiary/aromatic N) is 1. The van der Waals surface area contributed by atoms with Gasteiger partial charge in [0, 0.05) is 31.7 Å². The third-order valence-electron chi connectivity index (χ3n) is 4.19. The lowest BCUT2D eigenvalue weighted by molar-refractivity contribution is 0.319. The zero-order valence-corrected chi connectivity index (χ0v) is 12.0. The molecule has 0 spiro atoms. The van der Waals surface area contributed by atoms with Crippen LogP contribution in [0.5, 0.6) is 5.75 Å². The van der Waals surface area contributed by atoms with Crippen molar-refractivity contribution in [3.63, 3.8) is 0 Å². The van der Waals surface area contributed by atoms with E-state index in [1.54, 1.807) is 7.11 Å². The molecule has 1 atom stereocenters. The summed E-state index contributed by atoms with van der Waals surface area (Å²) in [4.78, 5) is 2.56. The maximum atomic E-state index is 5.31. The van der Waals surface area contributed by atoms with Gasteiger partial charge in [-0.15, -0.1) is 0 Å². The fraction of sp³-hybridized carbons (Fsp3) is 0.625. The first-order valence-corrected chi connectivity index (χ1v) is 7.36. The minimum atomic E-state index is 0.715. The van der Waals surface area contributed by atoms with E-state index in [0.717, 1.165) is 18.3 Å². The van der Waals surface area contributed by atoms with E-state index in [2.05, 4.69) is 35.3 Å². The minimum Gasteiger partial charge on any atom is -0.496 e. The number of rotatable bonds is 5. The molecule has 1 saturated heterocycles. The van der Waals surface area contributed by atoms with Gasteiger partial charge in [-0.2, -0.15) is 0 Å². The highest BCUT2D eigenvalue weighted by molar-refractivity contribution is 5.36. The zero-order valence-electron chi connectivity index (χ0n) is 12.0. The highest BCUT2D eigenvalue weighted by Gasteiger charge is 2.28. The van der Waals surface area contributed by atoms with Crippen molar-refractivity contribution in [2.75, 3.05) is 20.2 Å². The first-order valence-electron chi connectivity index (χ1n) is 7.36. The molecule has 104 valence electrons. The standard InChI is InChI=1S/C16H24N2O/c1-12-9-13(3-6-16(12)19-2)10-18-8-7-15(11-18)17-14-4-5-14/h3,6,9,14-15,17H,4-5,7-8,10-11H2,1-2H3. The highest BCUT2D eigenvalue weighted by atomic mass is 16.5. The Morgan fingerprint density at radius 1 is 1.26 bits per heavy atom. The number of hydrogen-bond donors (Lipinski definition) is 1. The largest absolute Gasteiger partial charge is 0.496 e. The van der Waals surface area contributed by atoms with E-state index < -0.39 is 0 Å². The molecule has 0 aromatic heterocycles. The summed E-state index contributed by atoms with van der Waals surface area (Å²) in [5.74, 6) is 0.985. The smallest absolute Gasteiger partial charge is 0.121 e. The van der Waals surface area contributed by atoms with Crippen LogP contribution in [0.3, 0.4) is 0 Å². The van der Waals surface area contributed by atoms with Gasteiger partial charge in [-0.1, -0.05) is 12.1 Å². The van der Waals surface area contributed by atoms with Crippen LogP contribution in [0.25, 0.3) is 0 Å². The summed E-state index contributed by atoms with van der Waals surface area (Å²) in [6.07, 6.45) is 4.06. The van der Waals surface area contributed by atoms with Crippen LogP contribution in [0.1, 0.15) is 30.4 Å². The Bertz CT molecular complexity index is 442. The molecule has 2 fully saturated rings. The average Bonchev–Trinajstić information content (AvgIpc) is 3.09. The molecule has 0 bridgehead atoms. The number of likely N-dealkylation sites (tertiary alicyclic amines) is 1. The van der Waals surface area contributed by atoms with Gasteiger partial charge in [-0.3, -0.25) is 4.90 Å². The van der Waals surface area contributed by atoms with Gasteiger partial charge in [0.05, 0.1) is 7.11 Å². The molecule has 3 rings (SSSR count). The molecular weight excluding hydrogens is 236 g/mol. The molecule has 1 N–H and O–H groups in total. The molecule has 1 saturated carbocycles. The third kappa shape index (κ3) is 3.28. The summed E-state index contributed by atoms with van der Waals surface area (Å²) in [6.45, 7) is 5.59. The number of hydrogen-bond acceptors (Lipinski definition) is 3. The van der Waals surface area contributed by atoms with Gasteiger partial charge in [0.25, 0.3) is 0 Å². The van der Waals surface area contributed by atoms with Gasteiger partial charge in [0.2, 0.25) is 0 Å². The van der Waals surface area contributed by atoms with Crippen LogP contribution in [0, 0.1) is 6.92 Å². The Hall–Kier alpha value is -1.06. The monoisotopic (exact) mass is 260 g/mol. The van der Waals surface area contributed by atoms with Gasteiger partial charge in [0.1, 0.15) is 5.75 Å². The molecular formula is C16H24N2O. The van der Waals surface area contributed by atoms with E-state index >= 15 is 0 Å². The van der Waals surface area contributed by atoms with Crippen molar-refractivity contribution in [2.24, 2.45) is 0 Å². The Morgan fingerprint density at radius 3 is 2.79 bits per heavy atom. The van der Waals surface area contributed by atoms with E-state index in [0.29, 0.717) is 6.04 Å². The first-order chi connectivity index (χ1) is 9.24. The van der Waals surface area contributed by atoms with Crippen molar-refractivity contribution in [1.29, 1.82) is 0 Å². The lowest BCUT2D eigenvalue weighted by Crippen LogP contribution is -2.33. The SMILES string of the molecule is COc1ccc(CN2CCC(NC3CC3)C2)cc1C. The summed E-state index contributed by atoms with van der Waals surface area (Å²) in [5, 5.41) is 3.74. The molecule has 1 heterocycles. The van der Waals surface area contributed by atoms with E-state index in [1.807, 2.05) is 0 Å². The average molecular weight is 260 g/mol. The van der Waals surface area contributed by atoms with Crippen LogP contribution < -0.4 is 10.1 Å². The summed E-state index contributed by atoms with van der Waals surface area (Å²) < 4.78 is 5.31.